The van der Waals surface area contributed by atoms with E-state index in [1.807, 2.05) is 0 Å². The van der Waals surface area contributed by atoms with Crippen LogP contribution >= 0.6 is 0 Å². The summed E-state index contributed by atoms with van der Waals surface area (Å²) in [7, 11) is 0. The van der Waals surface area contributed by atoms with Crippen LogP contribution in [0.1, 0.15) is 32.6 Å². The Bertz CT molecular complexity index is 166. The number of hydrogen-bond donors (Lipinski definition) is 1. The zero-order chi connectivity index (χ0) is 10.1. The van der Waals surface area contributed by atoms with Gasteiger partial charge in [0.2, 0.25) is 0 Å². The fourth-order valence-electron chi connectivity index (χ4n) is 0.785. The minimum Gasteiger partial charge on any atom is -0.449 e. The molecule has 0 bridgehead atoms. The Kier molecular flexibility index (Phi) is 6.68. The highest BCUT2D eigenvalue weighted by Gasteiger charge is 2.08. The molecular formula is C8H14O5. The molecule has 0 unspecified atom stereocenters. The number of hydrogen-bond acceptors (Lipinski definition) is 4. The predicted molar refractivity (Wildman–Crippen MR) is 44.6 cm³/mol. The lowest BCUT2D eigenvalue weighted by molar-refractivity contribution is 0.0537. The predicted octanol–water partition coefficient (Wildman–Crippen LogP) is 2.40. The Balaban J connectivity index is 3.22. The molecule has 0 aromatic carbocycles. The highest BCUT2D eigenvalue weighted by molar-refractivity contribution is 5.75. The minimum atomic E-state index is -1.64. The normalized spacial score (nSPS) is 9.31. The van der Waals surface area contributed by atoms with E-state index in [1.165, 1.54) is 0 Å². The third-order valence-corrected chi connectivity index (χ3v) is 1.39. The number of ether oxygens (including phenoxy) is 2. The molecule has 0 fully saturated rings. The van der Waals surface area contributed by atoms with E-state index in [2.05, 4.69) is 16.4 Å². The van der Waals surface area contributed by atoms with E-state index >= 15 is 0 Å². The fraction of sp³-hybridized carbons (Fsp3) is 0.750. The summed E-state index contributed by atoms with van der Waals surface area (Å²) < 4.78 is 8.17. The molecule has 0 radical (unpaired) electrons. The Morgan fingerprint density at radius 1 is 1.23 bits per heavy atom. The van der Waals surface area contributed by atoms with Crippen LogP contribution in [-0.4, -0.2) is 24.0 Å². The third kappa shape index (κ3) is 8.65. The molecule has 0 saturated carbocycles. The van der Waals surface area contributed by atoms with Crippen molar-refractivity contribution in [2.45, 2.75) is 32.6 Å². The second-order valence-corrected chi connectivity index (χ2v) is 2.53. The summed E-state index contributed by atoms with van der Waals surface area (Å²) in [4.78, 5) is 20.3. The number of carbonyl (C=O) groups excluding carboxylic acids is 1. The highest BCUT2D eigenvalue weighted by atomic mass is 16.8. The summed E-state index contributed by atoms with van der Waals surface area (Å²) in [5.41, 5.74) is 0. The van der Waals surface area contributed by atoms with Crippen molar-refractivity contribution in [1.82, 2.24) is 0 Å². The van der Waals surface area contributed by atoms with Crippen molar-refractivity contribution in [3.05, 3.63) is 0 Å². The van der Waals surface area contributed by atoms with E-state index in [0.29, 0.717) is 0 Å². The average molecular weight is 190 g/mol. The summed E-state index contributed by atoms with van der Waals surface area (Å²) in [6.45, 7) is 2.28. The Hall–Kier alpha value is -1.26. The largest absolute Gasteiger partial charge is 0.518 e. The van der Waals surface area contributed by atoms with Gasteiger partial charge in [0, 0.05) is 0 Å². The van der Waals surface area contributed by atoms with Crippen molar-refractivity contribution in [3.8, 4) is 0 Å². The molecule has 0 aliphatic rings. The first-order valence-corrected chi connectivity index (χ1v) is 4.24. The van der Waals surface area contributed by atoms with Crippen LogP contribution in [0.15, 0.2) is 0 Å². The van der Waals surface area contributed by atoms with Gasteiger partial charge < -0.3 is 14.6 Å². The van der Waals surface area contributed by atoms with Crippen molar-refractivity contribution in [2.24, 2.45) is 0 Å². The lowest BCUT2D eigenvalue weighted by Gasteiger charge is -2.01. The van der Waals surface area contributed by atoms with Crippen molar-refractivity contribution in [2.75, 3.05) is 6.61 Å². The minimum absolute atomic E-state index is 0.214. The molecule has 0 aliphatic carbocycles. The van der Waals surface area contributed by atoms with E-state index < -0.39 is 12.3 Å². The van der Waals surface area contributed by atoms with Gasteiger partial charge in [-0.05, 0) is 6.42 Å². The van der Waals surface area contributed by atoms with Crippen LogP contribution in [0, 0.1) is 0 Å². The van der Waals surface area contributed by atoms with Gasteiger partial charge in [-0.15, -0.1) is 0 Å². The molecule has 1 N–H and O–H groups in total. The third-order valence-electron chi connectivity index (χ3n) is 1.39. The summed E-state index contributed by atoms with van der Waals surface area (Å²) in [5.74, 6) is 0. The van der Waals surface area contributed by atoms with Gasteiger partial charge in [-0.2, -0.15) is 0 Å². The van der Waals surface area contributed by atoms with E-state index in [0.717, 1.165) is 25.7 Å². The SMILES string of the molecule is CCCCCCOC(=O)OC(=O)O. The summed E-state index contributed by atoms with van der Waals surface area (Å²) in [5, 5.41) is 8.00. The van der Waals surface area contributed by atoms with Crippen molar-refractivity contribution < 1.29 is 24.2 Å². The van der Waals surface area contributed by atoms with E-state index in [4.69, 9.17) is 5.11 Å². The molecule has 0 amide bonds. The first kappa shape index (κ1) is 11.7. The second-order valence-electron chi connectivity index (χ2n) is 2.53. The maximum Gasteiger partial charge on any atom is 0.518 e. The molecule has 0 rings (SSSR count). The molecule has 0 aliphatic heterocycles. The van der Waals surface area contributed by atoms with Crippen LogP contribution in [0.5, 0.6) is 0 Å². The van der Waals surface area contributed by atoms with Gasteiger partial charge in [0.05, 0.1) is 6.61 Å². The Morgan fingerprint density at radius 2 is 1.92 bits per heavy atom. The molecule has 0 spiro atoms. The Labute approximate surface area is 76.6 Å². The van der Waals surface area contributed by atoms with Gasteiger partial charge >= 0.3 is 12.3 Å². The summed E-state index contributed by atoms with van der Waals surface area (Å²) in [6, 6.07) is 0. The lowest BCUT2D eigenvalue weighted by atomic mass is 10.2. The molecule has 0 aromatic rings. The fourth-order valence-corrected chi connectivity index (χ4v) is 0.785. The van der Waals surface area contributed by atoms with Gasteiger partial charge in [0.25, 0.3) is 0 Å². The monoisotopic (exact) mass is 190 g/mol. The maximum atomic E-state index is 10.5. The van der Waals surface area contributed by atoms with Crippen LogP contribution in [0.3, 0.4) is 0 Å². The van der Waals surface area contributed by atoms with Gasteiger partial charge in [-0.25, -0.2) is 9.59 Å². The van der Waals surface area contributed by atoms with Crippen molar-refractivity contribution >= 4 is 12.3 Å². The smallest absolute Gasteiger partial charge is 0.449 e. The van der Waals surface area contributed by atoms with E-state index in [-0.39, 0.29) is 6.61 Å². The molecule has 0 aromatic heterocycles. The molecule has 0 atom stereocenters. The standard InChI is InChI=1S/C8H14O5/c1-2-3-4-5-6-12-8(11)13-7(9)10/h2-6H2,1H3,(H,9,10). The van der Waals surface area contributed by atoms with Crippen LogP contribution in [0.25, 0.3) is 0 Å². The average Bonchev–Trinajstić information content (AvgIpc) is 2.02. The molecule has 0 saturated heterocycles. The molecule has 76 valence electrons. The van der Waals surface area contributed by atoms with Gasteiger partial charge in [-0.3, -0.25) is 0 Å². The molecule has 5 nitrogen and oxygen atoms in total. The second kappa shape index (κ2) is 7.39. The first-order valence-electron chi connectivity index (χ1n) is 4.24. The Morgan fingerprint density at radius 3 is 2.46 bits per heavy atom. The van der Waals surface area contributed by atoms with Gasteiger partial charge in [0.1, 0.15) is 0 Å². The zero-order valence-electron chi connectivity index (χ0n) is 7.62. The zero-order valence-corrected chi connectivity index (χ0v) is 7.62. The van der Waals surface area contributed by atoms with Crippen LogP contribution in [-0.2, 0) is 9.47 Å². The van der Waals surface area contributed by atoms with Crippen molar-refractivity contribution in [3.63, 3.8) is 0 Å². The lowest BCUT2D eigenvalue weighted by Crippen LogP contribution is -2.12. The van der Waals surface area contributed by atoms with Crippen LogP contribution in [0.2, 0.25) is 0 Å². The van der Waals surface area contributed by atoms with Crippen molar-refractivity contribution in [1.29, 1.82) is 0 Å². The van der Waals surface area contributed by atoms with Gasteiger partial charge in [-0.1, -0.05) is 26.2 Å². The van der Waals surface area contributed by atoms with Gasteiger partial charge in [0.15, 0.2) is 0 Å². The quantitative estimate of drug-likeness (QED) is 0.409. The van der Waals surface area contributed by atoms with Crippen LogP contribution in [0.4, 0.5) is 9.59 Å². The summed E-state index contributed by atoms with van der Waals surface area (Å²) in [6.07, 6.45) is 1.10. The van der Waals surface area contributed by atoms with E-state index in [1.54, 1.807) is 0 Å². The molecule has 13 heavy (non-hydrogen) atoms. The molecular weight excluding hydrogens is 176 g/mol. The topological polar surface area (TPSA) is 72.8 Å². The number of rotatable bonds is 5. The summed E-state index contributed by atoms with van der Waals surface area (Å²) >= 11 is 0. The number of unbranched alkanes of at least 4 members (excludes halogenated alkanes) is 3. The highest BCUT2D eigenvalue weighted by Crippen LogP contribution is 1.99. The first-order chi connectivity index (χ1) is 6.16. The molecule has 5 heteroatoms. The van der Waals surface area contributed by atoms with E-state index in [9.17, 15) is 9.59 Å². The number of carbonyl (C=O) groups is 2. The number of carboxylic acid groups (broad SMARTS) is 1. The molecule has 0 heterocycles. The van der Waals surface area contributed by atoms with Crippen LogP contribution < -0.4 is 0 Å². The maximum absolute atomic E-state index is 10.5.